The second kappa shape index (κ2) is 7.23. The van der Waals surface area contributed by atoms with Crippen molar-refractivity contribution < 1.29 is 4.79 Å². The molecule has 24 heavy (non-hydrogen) atoms. The van der Waals surface area contributed by atoms with E-state index in [-0.39, 0.29) is 5.91 Å². The van der Waals surface area contributed by atoms with Crippen molar-refractivity contribution in [2.75, 3.05) is 7.05 Å². The number of nitrogens with zero attached hydrogens (tertiary/aromatic N) is 3. The van der Waals surface area contributed by atoms with E-state index in [9.17, 15) is 4.79 Å². The number of hydrogen-bond acceptors (Lipinski definition) is 3. The first kappa shape index (κ1) is 16.1. The Hall–Kier alpha value is -2.72. The van der Waals surface area contributed by atoms with Crippen LogP contribution < -0.4 is 0 Å². The first-order chi connectivity index (χ1) is 11.6. The van der Waals surface area contributed by atoms with E-state index in [4.69, 9.17) is 11.6 Å². The second-order valence-corrected chi connectivity index (χ2v) is 5.81. The van der Waals surface area contributed by atoms with Gasteiger partial charge in [-0.05, 0) is 29.8 Å². The number of carbonyl (C=O) groups is 1. The van der Waals surface area contributed by atoms with Crippen LogP contribution in [-0.2, 0) is 11.3 Å². The molecule has 120 valence electrons. The van der Waals surface area contributed by atoms with E-state index in [1.807, 2.05) is 48.5 Å². The van der Waals surface area contributed by atoms with Crippen LogP contribution in [0.4, 0.5) is 0 Å². The summed E-state index contributed by atoms with van der Waals surface area (Å²) in [7, 11) is 1.74. The number of fused-ring (bicyclic) bond motifs is 1. The Labute approximate surface area is 145 Å². The quantitative estimate of drug-likeness (QED) is 0.677. The van der Waals surface area contributed by atoms with Crippen LogP contribution in [0.2, 0.25) is 5.02 Å². The van der Waals surface area contributed by atoms with Crippen molar-refractivity contribution in [3.63, 3.8) is 0 Å². The zero-order valence-corrected chi connectivity index (χ0v) is 13.9. The van der Waals surface area contributed by atoms with Gasteiger partial charge in [0.25, 0.3) is 0 Å². The molecule has 0 fully saturated rings. The predicted octanol–water partition coefficient (Wildman–Crippen LogP) is 3.96. The summed E-state index contributed by atoms with van der Waals surface area (Å²) in [5.74, 6) is -0.120. The van der Waals surface area contributed by atoms with E-state index in [2.05, 4.69) is 9.97 Å². The molecule has 0 spiro atoms. The molecule has 0 aliphatic heterocycles. The molecule has 0 saturated carbocycles. The lowest BCUT2D eigenvalue weighted by Gasteiger charge is -2.16. The highest BCUT2D eigenvalue weighted by Gasteiger charge is 2.08. The van der Waals surface area contributed by atoms with E-state index >= 15 is 0 Å². The van der Waals surface area contributed by atoms with Crippen molar-refractivity contribution >= 4 is 34.6 Å². The Balaban J connectivity index is 1.70. The molecular formula is C19H16ClN3O. The third kappa shape index (κ3) is 3.78. The minimum Gasteiger partial charge on any atom is -0.338 e. The molecule has 2 aromatic carbocycles. The van der Waals surface area contributed by atoms with Gasteiger partial charge < -0.3 is 4.90 Å². The Kier molecular flexibility index (Phi) is 4.87. The summed E-state index contributed by atoms with van der Waals surface area (Å²) in [5.41, 5.74) is 3.19. The standard InChI is InChI=1S/C19H16ClN3O/c1-23(13-14-6-2-3-7-16(14)20)19(24)11-10-15-12-21-17-8-4-5-9-18(17)22-15/h2-12H,13H2,1H3/b11-10+. The van der Waals surface area contributed by atoms with Crippen LogP contribution in [0.25, 0.3) is 17.1 Å². The molecule has 4 nitrogen and oxygen atoms in total. The molecule has 0 saturated heterocycles. The molecule has 0 radical (unpaired) electrons. The molecule has 1 heterocycles. The van der Waals surface area contributed by atoms with Crippen LogP contribution >= 0.6 is 11.6 Å². The van der Waals surface area contributed by atoms with Crippen LogP contribution in [0.3, 0.4) is 0 Å². The Morgan fingerprint density at radius 1 is 1.12 bits per heavy atom. The van der Waals surface area contributed by atoms with Gasteiger partial charge in [-0.15, -0.1) is 0 Å². The molecule has 0 aliphatic carbocycles. The van der Waals surface area contributed by atoms with E-state index in [1.165, 1.54) is 6.08 Å². The third-order valence-corrected chi connectivity index (χ3v) is 3.97. The van der Waals surface area contributed by atoms with Gasteiger partial charge in [-0.3, -0.25) is 9.78 Å². The number of halogens is 1. The van der Waals surface area contributed by atoms with Crippen molar-refractivity contribution in [1.29, 1.82) is 0 Å². The van der Waals surface area contributed by atoms with Gasteiger partial charge in [-0.25, -0.2) is 4.98 Å². The molecule has 0 unspecified atom stereocenters. The Morgan fingerprint density at radius 2 is 1.83 bits per heavy atom. The first-order valence-corrected chi connectivity index (χ1v) is 7.89. The summed E-state index contributed by atoms with van der Waals surface area (Å²) in [6, 6.07) is 15.1. The zero-order valence-electron chi connectivity index (χ0n) is 13.2. The number of benzene rings is 2. The fraction of sp³-hybridized carbons (Fsp3) is 0.105. The van der Waals surface area contributed by atoms with Crippen molar-refractivity contribution in [2.45, 2.75) is 6.54 Å². The molecule has 5 heteroatoms. The molecule has 3 aromatic rings. The fourth-order valence-electron chi connectivity index (χ4n) is 2.30. The van der Waals surface area contributed by atoms with E-state index in [0.29, 0.717) is 17.3 Å². The maximum absolute atomic E-state index is 12.2. The lowest BCUT2D eigenvalue weighted by molar-refractivity contribution is -0.125. The minimum atomic E-state index is -0.120. The Bertz CT molecular complexity index is 908. The van der Waals surface area contributed by atoms with Crippen LogP contribution in [0.15, 0.2) is 60.8 Å². The highest BCUT2D eigenvalue weighted by molar-refractivity contribution is 6.31. The third-order valence-electron chi connectivity index (χ3n) is 3.61. The lowest BCUT2D eigenvalue weighted by Crippen LogP contribution is -2.24. The van der Waals surface area contributed by atoms with Crippen molar-refractivity contribution in [3.05, 3.63) is 77.1 Å². The highest BCUT2D eigenvalue weighted by Crippen LogP contribution is 2.16. The number of aromatic nitrogens is 2. The number of amides is 1. The van der Waals surface area contributed by atoms with Crippen molar-refractivity contribution in [2.24, 2.45) is 0 Å². The van der Waals surface area contributed by atoms with Crippen LogP contribution in [0.5, 0.6) is 0 Å². The van der Waals surface area contributed by atoms with E-state index in [0.717, 1.165) is 16.6 Å². The molecule has 1 aromatic heterocycles. The summed E-state index contributed by atoms with van der Waals surface area (Å²) >= 11 is 6.13. The first-order valence-electron chi connectivity index (χ1n) is 7.52. The summed E-state index contributed by atoms with van der Waals surface area (Å²) in [6.45, 7) is 0.451. The van der Waals surface area contributed by atoms with Gasteiger partial charge in [-0.1, -0.05) is 41.9 Å². The topological polar surface area (TPSA) is 46.1 Å². The molecular weight excluding hydrogens is 322 g/mol. The monoisotopic (exact) mass is 337 g/mol. The molecule has 1 amide bonds. The van der Waals surface area contributed by atoms with Gasteiger partial charge >= 0.3 is 0 Å². The Morgan fingerprint density at radius 3 is 2.62 bits per heavy atom. The predicted molar refractivity (Wildman–Crippen MR) is 96.5 cm³/mol. The molecule has 0 aliphatic rings. The highest BCUT2D eigenvalue weighted by atomic mass is 35.5. The SMILES string of the molecule is CN(Cc1ccccc1Cl)C(=O)/C=C/c1cnc2ccccc2n1. The molecule has 3 rings (SSSR count). The average molecular weight is 338 g/mol. The second-order valence-electron chi connectivity index (χ2n) is 5.40. The van der Waals surface area contributed by atoms with Gasteiger partial charge in [0.05, 0.1) is 22.9 Å². The fourth-order valence-corrected chi connectivity index (χ4v) is 2.49. The minimum absolute atomic E-state index is 0.120. The number of carbonyl (C=O) groups excluding carboxylic acids is 1. The van der Waals surface area contributed by atoms with E-state index in [1.54, 1.807) is 24.2 Å². The average Bonchev–Trinajstić information content (AvgIpc) is 2.61. The zero-order chi connectivity index (χ0) is 16.9. The number of hydrogen-bond donors (Lipinski definition) is 0. The van der Waals surface area contributed by atoms with Crippen LogP contribution in [0.1, 0.15) is 11.3 Å². The number of para-hydroxylation sites is 2. The van der Waals surface area contributed by atoms with E-state index < -0.39 is 0 Å². The molecule has 0 atom stereocenters. The lowest BCUT2D eigenvalue weighted by atomic mass is 10.2. The largest absolute Gasteiger partial charge is 0.338 e. The number of rotatable bonds is 4. The maximum Gasteiger partial charge on any atom is 0.246 e. The van der Waals surface area contributed by atoms with Crippen molar-refractivity contribution in [3.8, 4) is 0 Å². The summed E-state index contributed by atoms with van der Waals surface area (Å²) < 4.78 is 0. The summed E-state index contributed by atoms with van der Waals surface area (Å²) in [4.78, 5) is 22.6. The summed E-state index contributed by atoms with van der Waals surface area (Å²) in [5, 5.41) is 0.654. The normalized spacial score (nSPS) is 11.1. The van der Waals surface area contributed by atoms with Gasteiger partial charge in [-0.2, -0.15) is 0 Å². The van der Waals surface area contributed by atoms with Crippen LogP contribution in [-0.4, -0.2) is 27.8 Å². The van der Waals surface area contributed by atoms with Gasteiger partial charge in [0, 0.05) is 24.7 Å². The maximum atomic E-state index is 12.2. The van der Waals surface area contributed by atoms with Gasteiger partial charge in [0.1, 0.15) is 0 Å². The van der Waals surface area contributed by atoms with Crippen molar-refractivity contribution in [1.82, 2.24) is 14.9 Å². The number of likely N-dealkylation sites (N-methyl/N-ethyl adjacent to an activating group) is 1. The molecule has 0 bridgehead atoms. The molecule has 0 N–H and O–H groups in total. The summed E-state index contributed by atoms with van der Waals surface area (Å²) in [6.07, 6.45) is 4.82. The van der Waals surface area contributed by atoms with Gasteiger partial charge in [0.2, 0.25) is 5.91 Å². The van der Waals surface area contributed by atoms with Crippen LogP contribution in [0, 0.1) is 0 Å². The smallest absolute Gasteiger partial charge is 0.246 e. The van der Waals surface area contributed by atoms with Gasteiger partial charge in [0.15, 0.2) is 0 Å².